The van der Waals surface area contributed by atoms with Crippen molar-refractivity contribution in [2.24, 2.45) is 0 Å². The second kappa shape index (κ2) is 2.87. The van der Waals surface area contributed by atoms with Crippen molar-refractivity contribution < 1.29 is 0 Å². The van der Waals surface area contributed by atoms with Crippen LogP contribution in [0.3, 0.4) is 0 Å². The zero-order valence-corrected chi connectivity index (χ0v) is 6.09. The molecule has 0 aliphatic carbocycles. The van der Waals surface area contributed by atoms with Crippen LogP contribution in [0, 0.1) is 0 Å². The molecule has 0 spiro atoms. The first kappa shape index (κ1) is 6.62. The summed E-state index contributed by atoms with van der Waals surface area (Å²) in [5, 5.41) is 3.19. The molecule has 0 fully saturated rings. The average Bonchev–Trinajstić information content (AvgIpc) is 1.90. The highest BCUT2D eigenvalue weighted by atomic mass is 15.1. The maximum absolute atomic E-state index is 3.19. The van der Waals surface area contributed by atoms with E-state index in [0.29, 0.717) is 6.04 Å². The molecule has 1 aliphatic rings. The highest BCUT2D eigenvalue weighted by molar-refractivity contribution is 4.91. The summed E-state index contributed by atoms with van der Waals surface area (Å²) in [5.41, 5.74) is 0. The summed E-state index contributed by atoms with van der Waals surface area (Å²) in [7, 11) is 4.23. The van der Waals surface area contributed by atoms with Gasteiger partial charge in [-0.05, 0) is 26.7 Å². The molecule has 1 aliphatic heterocycles. The molecule has 0 saturated carbocycles. The highest BCUT2D eigenvalue weighted by Crippen LogP contribution is 2.02. The van der Waals surface area contributed by atoms with E-state index in [2.05, 4.69) is 30.4 Å². The molecule has 52 valence electrons. The minimum Gasteiger partial charge on any atom is -0.390 e. The van der Waals surface area contributed by atoms with Crippen LogP contribution < -0.4 is 5.32 Å². The van der Waals surface area contributed by atoms with E-state index in [1.54, 1.807) is 0 Å². The minimum atomic E-state index is 0.690. The van der Waals surface area contributed by atoms with Crippen LogP contribution in [0.4, 0.5) is 0 Å². The van der Waals surface area contributed by atoms with Crippen LogP contribution in [-0.4, -0.2) is 31.6 Å². The summed E-state index contributed by atoms with van der Waals surface area (Å²) in [6.45, 7) is 1.09. The molecule has 9 heavy (non-hydrogen) atoms. The van der Waals surface area contributed by atoms with Crippen LogP contribution in [0.1, 0.15) is 6.42 Å². The Hall–Kier alpha value is -0.500. The molecular weight excluding hydrogens is 112 g/mol. The average molecular weight is 126 g/mol. The third-order valence-corrected chi connectivity index (χ3v) is 1.73. The van der Waals surface area contributed by atoms with Gasteiger partial charge in [0.2, 0.25) is 0 Å². The first-order valence-corrected chi connectivity index (χ1v) is 3.35. The van der Waals surface area contributed by atoms with Gasteiger partial charge >= 0.3 is 0 Å². The SMILES string of the molecule is CN(C)[C@H]1CC=CNC1. The number of rotatable bonds is 1. The largest absolute Gasteiger partial charge is 0.390 e. The summed E-state index contributed by atoms with van der Waals surface area (Å²) >= 11 is 0. The van der Waals surface area contributed by atoms with Gasteiger partial charge in [0, 0.05) is 12.6 Å². The van der Waals surface area contributed by atoms with Crippen LogP contribution in [0.25, 0.3) is 0 Å². The van der Waals surface area contributed by atoms with Gasteiger partial charge in [-0.3, -0.25) is 0 Å². The van der Waals surface area contributed by atoms with Gasteiger partial charge in [0.15, 0.2) is 0 Å². The molecule has 2 heteroatoms. The lowest BCUT2D eigenvalue weighted by atomic mass is 10.1. The zero-order chi connectivity index (χ0) is 6.69. The van der Waals surface area contributed by atoms with Crippen molar-refractivity contribution in [3.63, 3.8) is 0 Å². The zero-order valence-electron chi connectivity index (χ0n) is 6.09. The van der Waals surface area contributed by atoms with E-state index in [9.17, 15) is 0 Å². The molecule has 0 aromatic rings. The second-order valence-electron chi connectivity index (χ2n) is 2.66. The summed E-state index contributed by atoms with van der Waals surface area (Å²) in [5.74, 6) is 0. The first-order valence-electron chi connectivity index (χ1n) is 3.35. The third kappa shape index (κ3) is 1.72. The van der Waals surface area contributed by atoms with E-state index in [4.69, 9.17) is 0 Å². The molecule has 0 bridgehead atoms. The lowest BCUT2D eigenvalue weighted by molar-refractivity contribution is 0.286. The van der Waals surface area contributed by atoms with Crippen molar-refractivity contribution >= 4 is 0 Å². The maximum Gasteiger partial charge on any atom is 0.0300 e. The Bertz CT molecular complexity index is 107. The molecule has 0 unspecified atom stereocenters. The van der Waals surface area contributed by atoms with Crippen LogP contribution in [0.15, 0.2) is 12.3 Å². The quantitative estimate of drug-likeness (QED) is 0.548. The first-order chi connectivity index (χ1) is 4.30. The Labute approximate surface area is 56.5 Å². The molecule has 0 radical (unpaired) electrons. The maximum atomic E-state index is 3.19. The molecule has 0 aromatic heterocycles. The van der Waals surface area contributed by atoms with Crippen molar-refractivity contribution in [3.8, 4) is 0 Å². The molecule has 0 amide bonds. The van der Waals surface area contributed by atoms with Gasteiger partial charge in [0.1, 0.15) is 0 Å². The van der Waals surface area contributed by atoms with Gasteiger partial charge in [-0.1, -0.05) is 6.08 Å². The van der Waals surface area contributed by atoms with Crippen molar-refractivity contribution in [1.29, 1.82) is 0 Å². The van der Waals surface area contributed by atoms with Gasteiger partial charge in [-0.25, -0.2) is 0 Å². The second-order valence-corrected chi connectivity index (χ2v) is 2.66. The Kier molecular flexibility index (Phi) is 2.11. The Balaban J connectivity index is 2.35. The molecule has 0 saturated heterocycles. The fraction of sp³-hybridized carbons (Fsp3) is 0.714. The van der Waals surface area contributed by atoms with E-state index in [-0.39, 0.29) is 0 Å². The molecule has 1 rings (SSSR count). The van der Waals surface area contributed by atoms with E-state index < -0.39 is 0 Å². The topological polar surface area (TPSA) is 15.3 Å². The van der Waals surface area contributed by atoms with Gasteiger partial charge in [-0.2, -0.15) is 0 Å². The summed E-state index contributed by atoms with van der Waals surface area (Å²) < 4.78 is 0. The lowest BCUT2D eigenvalue weighted by Crippen LogP contribution is -2.37. The van der Waals surface area contributed by atoms with Crippen molar-refractivity contribution in [3.05, 3.63) is 12.3 Å². The van der Waals surface area contributed by atoms with Crippen LogP contribution in [0.2, 0.25) is 0 Å². The fourth-order valence-corrected chi connectivity index (χ4v) is 0.989. The van der Waals surface area contributed by atoms with Crippen LogP contribution >= 0.6 is 0 Å². The number of likely N-dealkylation sites (N-methyl/N-ethyl adjacent to an activating group) is 1. The standard InChI is InChI=1S/C7H14N2/c1-9(2)7-4-3-5-8-6-7/h3,5,7-8H,4,6H2,1-2H3/t7-/m0/s1. The van der Waals surface area contributed by atoms with E-state index in [1.165, 1.54) is 6.42 Å². The van der Waals surface area contributed by atoms with E-state index in [0.717, 1.165) is 6.54 Å². The molecule has 1 N–H and O–H groups in total. The predicted molar refractivity (Wildman–Crippen MR) is 39.2 cm³/mol. The number of nitrogens with one attached hydrogen (secondary N) is 1. The molecule has 1 heterocycles. The smallest absolute Gasteiger partial charge is 0.0300 e. The molecule has 0 aromatic carbocycles. The monoisotopic (exact) mass is 126 g/mol. The van der Waals surface area contributed by atoms with Gasteiger partial charge in [0.25, 0.3) is 0 Å². The van der Waals surface area contributed by atoms with Crippen molar-refractivity contribution in [2.75, 3.05) is 20.6 Å². The van der Waals surface area contributed by atoms with Gasteiger partial charge in [0.05, 0.1) is 0 Å². The van der Waals surface area contributed by atoms with Gasteiger partial charge < -0.3 is 10.2 Å². The molecule has 2 nitrogen and oxygen atoms in total. The Morgan fingerprint density at radius 3 is 2.67 bits per heavy atom. The van der Waals surface area contributed by atoms with Crippen LogP contribution in [-0.2, 0) is 0 Å². The summed E-state index contributed by atoms with van der Waals surface area (Å²) in [6, 6.07) is 0.690. The number of hydrogen-bond donors (Lipinski definition) is 1. The van der Waals surface area contributed by atoms with Gasteiger partial charge in [-0.15, -0.1) is 0 Å². The lowest BCUT2D eigenvalue weighted by Gasteiger charge is -2.25. The van der Waals surface area contributed by atoms with E-state index >= 15 is 0 Å². The Morgan fingerprint density at radius 1 is 1.56 bits per heavy atom. The predicted octanol–water partition coefficient (Wildman–Crippen LogP) is 0.424. The normalized spacial score (nSPS) is 26.3. The number of nitrogens with zero attached hydrogens (tertiary/aromatic N) is 1. The Morgan fingerprint density at radius 2 is 2.33 bits per heavy atom. The fourth-order valence-electron chi connectivity index (χ4n) is 0.989. The van der Waals surface area contributed by atoms with E-state index in [1.807, 2.05) is 6.20 Å². The van der Waals surface area contributed by atoms with Crippen molar-refractivity contribution in [1.82, 2.24) is 10.2 Å². The van der Waals surface area contributed by atoms with Crippen LogP contribution in [0.5, 0.6) is 0 Å². The summed E-state index contributed by atoms with van der Waals surface area (Å²) in [6.07, 6.45) is 5.38. The van der Waals surface area contributed by atoms with Crippen molar-refractivity contribution in [2.45, 2.75) is 12.5 Å². The summed E-state index contributed by atoms with van der Waals surface area (Å²) in [4.78, 5) is 2.25. The minimum absolute atomic E-state index is 0.690. The number of hydrogen-bond acceptors (Lipinski definition) is 2. The third-order valence-electron chi connectivity index (χ3n) is 1.73. The highest BCUT2D eigenvalue weighted by Gasteiger charge is 2.09. The molecule has 1 atom stereocenters. The molecular formula is C7H14N2.